The smallest absolute Gasteiger partial charge is 0.329 e. The summed E-state index contributed by atoms with van der Waals surface area (Å²) in [5.41, 5.74) is 0.569. The summed E-state index contributed by atoms with van der Waals surface area (Å²) in [6.07, 6.45) is 0. The van der Waals surface area contributed by atoms with Gasteiger partial charge in [-0.1, -0.05) is 35.0 Å². The lowest BCUT2D eigenvalue weighted by atomic mass is 10.2. The summed E-state index contributed by atoms with van der Waals surface area (Å²) in [6.45, 7) is -1.09. The van der Waals surface area contributed by atoms with Crippen molar-refractivity contribution in [1.29, 1.82) is 0 Å². The minimum atomic E-state index is -3.19. The molecule has 0 unspecified atom stereocenters. The summed E-state index contributed by atoms with van der Waals surface area (Å²) in [7, 11) is -3.19. The highest BCUT2D eigenvalue weighted by atomic mass is 35.5. The fraction of sp³-hybridized carbons (Fsp3) is 0.400. The van der Waals surface area contributed by atoms with E-state index in [0.717, 1.165) is 0 Å². The van der Waals surface area contributed by atoms with E-state index in [1.807, 2.05) is 0 Å². The number of nitrogens with zero attached hydrogens (tertiary/aromatic N) is 2. The van der Waals surface area contributed by atoms with E-state index >= 15 is 0 Å². The standard InChI is InChI=1S/C15H14Cl2N2O6S2/c16-9-2-1-8(3-10(9)17)19-11-6-27(23,24)7-12(11)26-15(19)18-13(20)4-25-5-14(21)22/h1-3,11-12H,4-7H2,(H,21,22)/t11-,12+/m1/s1. The highest BCUT2D eigenvalue weighted by molar-refractivity contribution is 8.16. The van der Waals surface area contributed by atoms with E-state index in [9.17, 15) is 18.0 Å². The van der Waals surface area contributed by atoms with E-state index < -0.39 is 34.9 Å². The van der Waals surface area contributed by atoms with Gasteiger partial charge in [-0.15, -0.1) is 0 Å². The molecule has 2 atom stereocenters. The first-order valence-corrected chi connectivity index (χ1v) is 11.1. The molecule has 8 nitrogen and oxygen atoms in total. The van der Waals surface area contributed by atoms with Gasteiger partial charge in [-0.05, 0) is 18.2 Å². The third kappa shape index (κ3) is 4.75. The van der Waals surface area contributed by atoms with Crippen molar-refractivity contribution in [2.75, 3.05) is 29.6 Å². The highest BCUT2D eigenvalue weighted by Gasteiger charge is 2.49. The number of ether oxygens (including phenoxy) is 1. The molecule has 1 aromatic carbocycles. The molecule has 12 heteroatoms. The van der Waals surface area contributed by atoms with Crippen molar-refractivity contribution in [3.8, 4) is 0 Å². The maximum atomic E-state index is 12.0. The molecular formula is C15H14Cl2N2O6S2. The number of sulfone groups is 1. The van der Waals surface area contributed by atoms with Crippen LogP contribution in [0.1, 0.15) is 0 Å². The third-order valence-electron chi connectivity index (χ3n) is 3.92. The van der Waals surface area contributed by atoms with Crippen molar-refractivity contribution in [1.82, 2.24) is 0 Å². The van der Waals surface area contributed by atoms with E-state index in [1.165, 1.54) is 11.8 Å². The SMILES string of the molecule is O=C(O)COCC(=O)N=C1S[C@H]2CS(=O)(=O)C[C@H]2N1c1ccc(Cl)c(Cl)c1. The molecule has 2 heterocycles. The van der Waals surface area contributed by atoms with Gasteiger partial charge in [0, 0.05) is 10.9 Å². The molecule has 146 valence electrons. The van der Waals surface area contributed by atoms with Gasteiger partial charge in [0.25, 0.3) is 5.91 Å². The molecule has 27 heavy (non-hydrogen) atoms. The second-order valence-corrected chi connectivity index (χ2v) is 10.1. The number of amidine groups is 1. The van der Waals surface area contributed by atoms with Crippen LogP contribution >= 0.6 is 35.0 Å². The van der Waals surface area contributed by atoms with Crippen molar-refractivity contribution in [2.24, 2.45) is 4.99 Å². The molecule has 0 radical (unpaired) electrons. The Bertz CT molecular complexity index is 921. The number of anilines is 1. The second kappa shape index (κ2) is 7.96. The molecule has 1 aromatic rings. The second-order valence-electron chi connectivity index (χ2n) is 5.94. The molecule has 0 bridgehead atoms. The molecule has 0 spiro atoms. The first kappa shape index (κ1) is 20.4. The number of hydrogen-bond donors (Lipinski definition) is 1. The third-order valence-corrected chi connectivity index (χ3v) is 7.87. The van der Waals surface area contributed by atoms with Gasteiger partial charge in [-0.25, -0.2) is 13.2 Å². The largest absolute Gasteiger partial charge is 0.480 e. The zero-order chi connectivity index (χ0) is 19.8. The van der Waals surface area contributed by atoms with Crippen molar-refractivity contribution in [2.45, 2.75) is 11.3 Å². The molecule has 2 saturated heterocycles. The summed E-state index contributed by atoms with van der Waals surface area (Å²) in [4.78, 5) is 28.1. The minimum absolute atomic E-state index is 0.0110. The maximum Gasteiger partial charge on any atom is 0.329 e. The lowest BCUT2D eigenvalue weighted by molar-refractivity contribution is -0.143. The summed E-state index contributed by atoms with van der Waals surface area (Å²) in [6, 6.07) is 4.45. The number of aliphatic carboxylic acids is 1. The molecule has 2 fully saturated rings. The molecule has 0 aliphatic carbocycles. The number of carboxylic acids is 1. The topological polar surface area (TPSA) is 113 Å². The number of hydrogen-bond acceptors (Lipinski definition) is 6. The zero-order valence-corrected chi connectivity index (χ0v) is 16.8. The lowest BCUT2D eigenvalue weighted by Gasteiger charge is -2.24. The number of aliphatic imine (C=N–C) groups is 1. The fourth-order valence-electron chi connectivity index (χ4n) is 2.87. The quantitative estimate of drug-likeness (QED) is 0.717. The molecule has 2 aliphatic rings. The van der Waals surface area contributed by atoms with Crippen LogP contribution in [0.2, 0.25) is 10.0 Å². The summed E-state index contributed by atoms with van der Waals surface area (Å²) in [5.74, 6) is -1.93. The predicted molar refractivity (Wildman–Crippen MR) is 104 cm³/mol. The Labute approximate surface area is 169 Å². The lowest BCUT2D eigenvalue weighted by Crippen LogP contribution is -2.37. The normalized spacial score (nSPS) is 25.0. The van der Waals surface area contributed by atoms with Gasteiger partial charge in [0.15, 0.2) is 15.0 Å². The predicted octanol–water partition coefficient (Wildman–Crippen LogP) is 1.70. The van der Waals surface area contributed by atoms with Gasteiger partial charge in [-0.3, -0.25) is 4.79 Å². The molecule has 3 rings (SSSR count). The van der Waals surface area contributed by atoms with E-state index in [1.54, 1.807) is 23.1 Å². The van der Waals surface area contributed by atoms with Crippen molar-refractivity contribution >= 4 is 67.5 Å². The van der Waals surface area contributed by atoms with Crippen molar-refractivity contribution in [3.05, 3.63) is 28.2 Å². The summed E-state index contributed by atoms with van der Waals surface area (Å²) in [5, 5.41) is 9.23. The Morgan fingerprint density at radius 1 is 1.26 bits per heavy atom. The van der Waals surface area contributed by atoms with Crippen LogP contribution in [-0.4, -0.2) is 66.6 Å². The molecule has 2 aliphatic heterocycles. The number of amides is 1. The van der Waals surface area contributed by atoms with Crippen molar-refractivity contribution in [3.63, 3.8) is 0 Å². The van der Waals surface area contributed by atoms with Gasteiger partial charge >= 0.3 is 5.97 Å². The Kier molecular flexibility index (Phi) is 6.02. The van der Waals surface area contributed by atoms with E-state index in [-0.39, 0.29) is 22.8 Å². The minimum Gasteiger partial charge on any atom is -0.480 e. The monoisotopic (exact) mass is 452 g/mol. The van der Waals surface area contributed by atoms with Gasteiger partial charge in [-0.2, -0.15) is 4.99 Å². The number of carboxylic acid groups (broad SMARTS) is 1. The number of benzene rings is 1. The van der Waals surface area contributed by atoms with Gasteiger partial charge in [0.05, 0.1) is 27.6 Å². The molecular weight excluding hydrogens is 439 g/mol. The van der Waals surface area contributed by atoms with E-state index in [4.69, 9.17) is 33.0 Å². The molecule has 0 aromatic heterocycles. The van der Waals surface area contributed by atoms with E-state index in [0.29, 0.717) is 20.9 Å². The number of fused-ring (bicyclic) bond motifs is 1. The number of thioether (sulfide) groups is 1. The zero-order valence-electron chi connectivity index (χ0n) is 13.7. The number of carbonyl (C=O) groups excluding carboxylic acids is 1. The Balaban J connectivity index is 1.88. The number of halogens is 2. The maximum absolute atomic E-state index is 12.0. The molecule has 1 amide bonds. The van der Waals surface area contributed by atoms with Crippen LogP contribution in [0.3, 0.4) is 0 Å². The highest BCUT2D eigenvalue weighted by Crippen LogP contribution is 2.42. The summed E-state index contributed by atoms with van der Waals surface area (Å²) >= 11 is 13.2. The van der Waals surface area contributed by atoms with Crippen LogP contribution in [0, 0.1) is 0 Å². The fourth-order valence-corrected chi connectivity index (χ4v) is 7.09. The van der Waals surface area contributed by atoms with Crippen LogP contribution in [-0.2, 0) is 24.2 Å². The van der Waals surface area contributed by atoms with Crippen LogP contribution < -0.4 is 4.90 Å². The number of carbonyl (C=O) groups is 2. The van der Waals surface area contributed by atoms with Crippen LogP contribution in [0.15, 0.2) is 23.2 Å². The Morgan fingerprint density at radius 2 is 2.00 bits per heavy atom. The average Bonchev–Trinajstić information content (AvgIpc) is 3.00. The summed E-state index contributed by atoms with van der Waals surface area (Å²) < 4.78 is 28.8. The van der Waals surface area contributed by atoms with E-state index in [2.05, 4.69) is 4.99 Å². The Morgan fingerprint density at radius 3 is 2.67 bits per heavy atom. The van der Waals surface area contributed by atoms with Gasteiger partial charge < -0.3 is 14.7 Å². The van der Waals surface area contributed by atoms with Crippen LogP contribution in [0.25, 0.3) is 0 Å². The average molecular weight is 453 g/mol. The number of rotatable bonds is 5. The Hall–Kier alpha value is -1.33. The molecule has 1 N–H and O–H groups in total. The van der Waals surface area contributed by atoms with Gasteiger partial charge in [0.1, 0.15) is 13.2 Å². The molecule has 0 saturated carbocycles. The van der Waals surface area contributed by atoms with Crippen LogP contribution in [0.5, 0.6) is 0 Å². The van der Waals surface area contributed by atoms with Crippen LogP contribution in [0.4, 0.5) is 5.69 Å². The first-order chi connectivity index (χ1) is 12.7. The van der Waals surface area contributed by atoms with Crippen molar-refractivity contribution < 1.29 is 27.9 Å². The first-order valence-electron chi connectivity index (χ1n) is 7.69. The van der Waals surface area contributed by atoms with Gasteiger partial charge in [0.2, 0.25) is 0 Å².